The molecule has 21 heavy (non-hydrogen) atoms. The van der Waals surface area contributed by atoms with Gasteiger partial charge >= 0.3 is 0 Å². The van der Waals surface area contributed by atoms with Gasteiger partial charge in [0.25, 0.3) is 0 Å². The van der Waals surface area contributed by atoms with Gasteiger partial charge in [-0.05, 0) is 25.0 Å². The van der Waals surface area contributed by atoms with Crippen LogP contribution in [0.3, 0.4) is 0 Å². The molecule has 0 aliphatic carbocycles. The molecule has 0 saturated carbocycles. The summed E-state index contributed by atoms with van der Waals surface area (Å²) in [5.41, 5.74) is 3.09. The first-order valence-electron chi connectivity index (χ1n) is 6.85. The molecule has 0 aliphatic rings. The summed E-state index contributed by atoms with van der Waals surface area (Å²) in [6.07, 6.45) is 0. The molecule has 0 spiro atoms. The molecule has 3 nitrogen and oxygen atoms in total. The van der Waals surface area contributed by atoms with Crippen molar-refractivity contribution in [2.45, 2.75) is 27.1 Å². The monoisotopic (exact) mass is 282 g/mol. The largest absolute Gasteiger partial charge is 0.372 e. The highest BCUT2D eigenvalue weighted by atomic mass is 16.5. The summed E-state index contributed by atoms with van der Waals surface area (Å²) in [6, 6.07) is 14.8. The van der Waals surface area contributed by atoms with Crippen molar-refractivity contribution in [3.05, 3.63) is 70.8 Å². The molecule has 0 amide bonds. The Morgan fingerprint density at radius 1 is 0.762 bits per heavy atom. The number of benzene rings is 2. The van der Waals surface area contributed by atoms with Crippen LogP contribution in [0.5, 0.6) is 0 Å². The first-order valence-corrected chi connectivity index (χ1v) is 6.85. The van der Waals surface area contributed by atoms with Crippen molar-refractivity contribution in [3.8, 4) is 0 Å². The normalized spacial score (nSPS) is 10.4. The molecule has 2 rings (SSSR count). The van der Waals surface area contributed by atoms with Crippen LogP contribution in [0.1, 0.15) is 45.7 Å². The molecule has 0 saturated heterocycles. The fraction of sp³-hybridized carbons (Fsp3) is 0.222. The highest BCUT2D eigenvalue weighted by Crippen LogP contribution is 2.14. The summed E-state index contributed by atoms with van der Waals surface area (Å²) >= 11 is 0. The summed E-state index contributed by atoms with van der Waals surface area (Å²) in [5.74, 6) is 0.0525. The summed E-state index contributed by atoms with van der Waals surface area (Å²) in [4.78, 5) is 23.1. The summed E-state index contributed by atoms with van der Waals surface area (Å²) < 4.78 is 5.68. The minimum atomic E-state index is 0.0262. The number of carbonyl (C=O) groups is 2. The summed E-state index contributed by atoms with van der Waals surface area (Å²) in [5, 5.41) is 0. The van der Waals surface area contributed by atoms with Crippen molar-refractivity contribution >= 4 is 11.6 Å². The van der Waals surface area contributed by atoms with Crippen molar-refractivity contribution in [1.29, 1.82) is 0 Å². The van der Waals surface area contributed by atoms with Crippen molar-refractivity contribution in [2.75, 3.05) is 0 Å². The fourth-order valence-electron chi connectivity index (χ4n) is 2.25. The van der Waals surface area contributed by atoms with E-state index in [1.807, 2.05) is 36.4 Å². The van der Waals surface area contributed by atoms with Gasteiger partial charge in [0.1, 0.15) is 0 Å². The van der Waals surface area contributed by atoms with Crippen LogP contribution >= 0.6 is 0 Å². The standard InChI is InChI=1S/C18H18O3/c1-13(19)17-9-5-3-7-15(17)11-21-12-16-8-4-6-10-18(16)14(2)20/h3-10H,11-12H2,1-2H3. The Bertz CT molecular complexity index is 602. The second kappa shape index (κ2) is 6.95. The molecule has 2 aromatic rings. The highest BCUT2D eigenvalue weighted by molar-refractivity contribution is 5.96. The molecule has 3 heteroatoms. The van der Waals surface area contributed by atoms with E-state index in [1.54, 1.807) is 26.0 Å². The van der Waals surface area contributed by atoms with Gasteiger partial charge in [-0.3, -0.25) is 9.59 Å². The van der Waals surface area contributed by atoms with E-state index < -0.39 is 0 Å². The molecule has 0 unspecified atom stereocenters. The second-order valence-corrected chi connectivity index (χ2v) is 4.92. The van der Waals surface area contributed by atoms with Gasteiger partial charge in [0, 0.05) is 11.1 Å². The van der Waals surface area contributed by atoms with Crippen molar-refractivity contribution in [2.24, 2.45) is 0 Å². The van der Waals surface area contributed by atoms with E-state index in [2.05, 4.69) is 0 Å². The molecule has 0 atom stereocenters. The average molecular weight is 282 g/mol. The molecule has 0 N–H and O–H groups in total. The second-order valence-electron chi connectivity index (χ2n) is 4.92. The van der Waals surface area contributed by atoms with Crippen LogP contribution in [0, 0.1) is 0 Å². The molecule has 0 heterocycles. The quantitative estimate of drug-likeness (QED) is 0.757. The fourth-order valence-corrected chi connectivity index (χ4v) is 2.25. The van der Waals surface area contributed by atoms with Crippen LogP contribution in [0.15, 0.2) is 48.5 Å². The summed E-state index contributed by atoms with van der Waals surface area (Å²) in [7, 11) is 0. The van der Waals surface area contributed by atoms with Gasteiger partial charge in [0.15, 0.2) is 11.6 Å². The van der Waals surface area contributed by atoms with Crippen LogP contribution in [-0.2, 0) is 18.0 Å². The number of ether oxygens (including phenoxy) is 1. The zero-order valence-corrected chi connectivity index (χ0v) is 12.3. The van der Waals surface area contributed by atoms with Gasteiger partial charge in [-0.1, -0.05) is 48.5 Å². The average Bonchev–Trinajstić information content (AvgIpc) is 2.48. The third-order valence-electron chi connectivity index (χ3n) is 3.31. The number of hydrogen-bond acceptors (Lipinski definition) is 3. The SMILES string of the molecule is CC(=O)c1ccccc1COCc1ccccc1C(C)=O. The predicted molar refractivity (Wildman–Crippen MR) is 81.4 cm³/mol. The van der Waals surface area contributed by atoms with Gasteiger partial charge in [0.05, 0.1) is 13.2 Å². The van der Waals surface area contributed by atoms with Crippen molar-refractivity contribution < 1.29 is 14.3 Å². The Hall–Kier alpha value is -2.26. The molecular formula is C18H18O3. The first kappa shape index (κ1) is 15.1. The lowest BCUT2D eigenvalue weighted by atomic mass is 10.0. The molecule has 0 fully saturated rings. The lowest BCUT2D eigenvalue weighted by Gasteiger charge is -2.10. The smallest absolute Gasteiger partial charge is 0.160 e. The number of ketones is 2. The van der Waals surface area contributed by atoms with Crippen LogP contribution in [0.25, 0.3) is 0 Å². The van der Waals surface area contributed by atoms with Crippen molar-refractivity contribution in [3.63, 3.8) is 0 Å². The van der Waals surface area contributed by atoms with E-state index in [-0.39, 0.29) is 11.6 Å². The van der Waals surface area contributed by atoms with Gasteiger partial charge in [-0.25, -0.2) is 0 Å². The number of hydrogen-bond donors (Lipinski definition) is 0. The van der Waals surface area contributed by atoms with E-state index in [4.69, 9.17) is 4.74 Å². The lowest BCUT2D eigenvalue weighted by molar-refractivity contribution is 0.0959. The van der Waals surface area contributed by atoms with Crippen LogP contribution < -0.4 is 0 Å². The van der Waals surface area contributed by atoms with E-state index in [9.17, 15) is 9.59 Å². The first-order chi connectivity index (χ1) is 10.1. The predicted octanol–water partition coefficient (Wildman–Crippen LogP) is 3.81. The molecule has 2 aromatic carbocycles. The van der Waals surface area contributed by atoms with Gasteiger partial charge in [-0.15, -0.1) is 0 Å². The van der Waals surface area contributed by atoms with Crippen LogP contribution in [0.2, 0.25) is 0 Å². The van der Waals surface area contributed by atoms with E-state index in [0.717, 1.165) is 11.1 Å². The van der Waals surface area contributed by atoms with Gasteiger partial charge in [0.2, 0.25) is 0 Å². The maximum atomic E-state index is 11.5. The Morgan fingerprint density at radius 3 is 1.52 bits per heavy atom. The molecule has 0 bridgehead atoms. The van der Waals surface area contributed by atoms with E-state index in [0.29, 0.717) is 24.3 Å². The topological polar surface area (TPSA) is 43.4 Å². The Labute approximate surface area is 124 Å². The maximum absolute atomic E-state index is 11.5. The maximum Gasteiger partial charge on any atom is 0.160 e. The van der Waals surface area contributed by atoms with Gasteiger partial charge in [-0.2, -0.15) is 0 Å². The lowest BCUT2D eigenvalue weighted by Crippen LogP contribution is -2.04. The molecule has 0 aliphatic heterocycles. The Balaban J connectivity index is 2.06. The Kier molecular flexibility index (Phi) is 5.01. The minimum Gasteiger partial charge on any atom is -0.372 e. The van der Waals surface area contributed by atoms with E-state index >= 15 is 0 Å². The minimum absolute atomic E-state index is 0.0262. The zero-order chi connectivity index (χ0) is 15.2. The number of rotatable bonds is 6. The molecule has 0 aromatic heterocycles. The third-order valence-corrected chi connectivity index (χ3v) is 3.31. The molecular weight excluding hydrogens is 264 g/mol. The molecule has 0 radical (unpaired) electrons. The Morgan fingerprint density at radius 2 is 1.14 bits per heavy atom. The number of Topliss-reactive ketones (excluding diaryl/α,β-unsaturated/α-hetero) is 2. The molecule has 108 valence electrons. The van der Waals surface area contributed by atoms with Crippen LogP contribution in [-0.4, -0.2) is 11.6 Å². The number of carbonyl (C=O) groups excluding carboxylic acids is 2. The summed E-state index contributed by atoms with van der Waals surface area (Å²) in [6.45, 7) is 3.79. The third kappa shape index (κ3) is 3.86. The zero-order valence-electron chi connectivity index (χ0n) is 12.3. The van der Waals surface area contributed by atoms with E-state index in [1.165, 1.54) is 0 Å². The van der Waals surface area contributed by atoms with Crippen molar-refractivity contribution in [1.82, 2.24) is 0 Å². The van der Waals surface area contributed by atoms with Crippen LogP contribution in [0.4, 0.5) is 0 Å². The highest BCUT2D eigenvalue weighted by Gasteiger charge is 2.08. The van der Waals surface area contributed by atoms with Gasteiger partial charge < -0.3 is 4.74 Å².